The van der Waals surface area contributed by atoms with Gasteiger partial charge < -0.3 is 0 Å². The molecule has 0 atom stereocenters. The number of hydrogen-bond acceptors (Lipinski definition) is 2. The third kappa shape index (κ3) is 1.28. The number of nitrogens with one attached hydrogen (secondary N) is 1. The first-order valence-electron chi connectivity index (χ1n) is 2.83. The van der Waals surface area contributed by atoms with Crippen LogP contribution in [0.2, 0.25) is 0 Å². The van der Waals surface area contributed by atoms with Gasteiger partial charge in [-0.05, 0) is 0 Å². The molecule has 4 heteroatoms. The SMILES string of the molecule is Cc1cc([N+](=O)[O-])cc[nH+]1. The van der Waals surface area contributed by atoms with Gasteiger partial charge in [-0.2, -0.15) is 0 Å². The van der Waals surface area contributed by atoms with Gasteiger partial charge in [0.05, 0.1) is 17.1 Å². The number of H-pyrrole nitrogens is 1. The Morgan fingerprint density at radius 1 is 1.70 bits per heavy atom. The fraction of sp³-hybridized carbons (Fsp3) is 0.167. The van der Waals surface area contributed by atoms with Crippen LogP contribution in [0.25, 0.3) is 0 Å². The standard InChI is InChI=1S/C6H6N2O2/c1-5-4-6(8(9)10)2-3-7-5/h2-4H,1H3/p+1. The molecule has 0 aliphatic heterocycles. The summed E-state index contributed by atoms with van der Waals surface area (Å²) in [7, 11) is 0. The van der Waals surface area contributed by atoms with Crippen molar-refractivity contribution in [3.63, 3.8) is 0 Å². The lowest BCUT2D eigenvalue weighted by atomic mass is 10.3. The summed E-state index contributed by atoms with van der Waals surface area (Å²) < 4.78 is 0. The van der Waals surface area contributed by atoms with E-state index in [0.717, 1.165) is 5.69 Å². The second-order valence-corrected chi connectivity index (χ2v) is 1.99. The summed E-state index contributed by atoms with van der Waals surface area (Å²) in [6, 6.07) is 2.91. The van der Waals surface area contributed by atoms with Crippen LogP contribution < -0.4 is 4.98 Å². The highest BCUT2D eigenvalue weighted by Crippen LogP contribution is 2.06. The molecule has 1 aromatic heterocycles. The zero-order valence-electron chi connectivity index (χ0n) is 5.50. The lowest BCUT2D eigenvalue weighted by Crippen LogP contribution is -2.05. The molecule has 1 heterocycles. The van der Waals surface area contributed by atoms with Gasteiger partial charge in [-0.15, -0.1) is 0 Å². The van der Waals surface area contributed by atoms with E-state index in [0.29, 0.717) is 0 Å². The molecule has 52 valence electrons. The van der Waals surface area contributed by atoms with E-state index in [-0.39, 0.29) is 5.69 Å². The first kappa shape index (κ1) is 6.67. The first-order valence-corrected chi connectivity index (χ1v) is 2.83. The molecule has 0 aliphatic carbocycles. The van der Waals surface area contributed by atoms with E-state index in [1.165, 1.54) is 12.1 Å². The third-order valence-corrected chi connectivity index (χ3v) is 1.14. The number of aryl methyl sites for hydroxylation is 1. The lowest BCUT2D eigenvalue weighted by molar-refractivity contribution is -0.403. The van der Waals surface area contributed by atoms with Crippen molar-refractivity contribution >= 4 is 5.69 Å². The average molecular weight is 139 g/mol. The van der Waals surface area contributed by atoms with Gasteiger partial charge in [0.2, 0.25) is 0 Å². The summed E-state index contributed by atoms with van der Waals surface area (Å²) in [6.07, 6.45) is 1.55. The molecule has 1 rings (SSSR count). The van der Waals surface area contributed by atoms with Gasteiger partial charge in [0.15, 0.2) is 11.9 Å². The topological polar surface area (TPSA) is 57.3 Å². The molecule has 0 fully saturated rings. The number of hydrogen-bond donors (Lipinski definition) is 0. The van der Waals surface area contributed by atoms with Crippen molar-refractivity contribution in [1.82, 2.24) is 0 Å². The molecule has 0 saturated heterocycles. The maximum absolute atomic E-state index is 10.1. The Morgan fingerprint density at radius 2 is 2.40 bits per heavy atom. The van der Waals surface area contributed by atoms with Crippen molar-refractivity contribution < 1.29 is 9.91 Å². The number of aromatic amines is 1. The molecule has 0 bridgehead atoms. The minimum Gasteiger partial charge on any atom is -0.258 e. The van der Waals surface area contributed by atoms with Crippen LogP contribution in [0.4, 0.5) is 5.69 Å². The number of rotatable bonds is 1. The van der Waals surface area contributed by atoms with Crippen molar-refractivity contribution in [2.45, 2.75) is 6.92 Å². The van der Waals surface area contributed by atoms with Gasteiger partial charge in [-0.3, -0.25) is 10.1 Å². The highest BCUT2D eigenvalue weighted by molar-refractivity contribution is 5.26. The Bertz CT molecular complexity index is 260. The molecule has 0 aliphatic rings. The summed E-state index contributed by atoms with van der Waals surface area (Å²) in [5.74, 6) is 0. The Labute approximate surface area is 57.7 Å². The van der Waals surface area contributed by atoms with Crippen molar-refractivity contribution in [1.29, 1.82) is 0 Å². The minimum atomic E-state index is -0.416. The molecule has 1 aromatic rings. The summed E-state index contributed by atoms with van der Waals surface area (Å²) in [5.41, 5.74) is 0.908. The van der Waals surface area contributed by atoms with Crippen LogP contribution in [-0.4, -0.2) is 4.92 Å². The summed E-state index contributed by atoms with van der Waals surface area (Å²) in [6.45, 7) is 1.77. The van der Waals surface area contributed by atoms with E-state index in [1.807, 2.05) is 0 Å². The van der Waals surface area contributed by atoms with Gasteiger partial charge >= 0.3 is 0 Å². The molecule has 0 aromatic carbocycles. The second kappa shape index (κ2) is 2.43. The van der Waals surface area contributed by atoms with Crippen LogP contribution in [0.3, 0.4) is 0 Å². The predicted octanol–water partition coefficient (Wildman–Crippen LogP) is 0.717. The van der Waals surface area contributed by atoms with Crippen molar-refractivity contribution in [2.75, 3.05) is 0 Å². The molecule has 0 amide bonds. The van der Waals surface area contributed by atoms with Crippen LogP contribution >= 0.6 is 0 Å². The van der Waals surface area contributed by atoms with Crippen LogP contribution in [0.5, 0.6) is 0 Å². The second-order valence-electron chi connectivity index (χ2n) is 1.99. The number of nitro groups is 1. The molecular formula is C6H7N2O2+. The highest BCUT2D eigenvalue weighted by Gasteiger charge is 2.06. The van der Waals surface area contributed by atoms with Gasteiger partial charge in [0, 0.05) is 6.92 Å². The summed E-state index contributed by atoms with van der Waals surface area (Å²) >= 11 is 0. The number of nitrogens with zero attached hydrogens (tertiary/aromatic N) is 1. The predicted molar refractivity (Wildman–Crippen MR) is 34.4 cm³/mol. The van der Waals surface area contributed by atoms with Gasteiger partial charge in [-0.1, -0.05) is 0 Å². The van der Waals surface area contributed by atoms with E-state index >= 15 is 0 Å². The van der Waals surface area contributed by atoms with Crippen LogP contribution in [0.15, 0.2) is 18.3 Å². The van der Waals surface area contributed by atoms with Crippen LogP contribution in [-0.2, 0) is 0 Å². The van der Waals surface area contributed by atoms with E-state index in [1.54, 1.807) is 13.1 Å². The lowest BCUT2D eigenvalue weighted by Gasteiger charge is -1.85. The average Bonchev–Trinajstić information content (AvgIpc) is 1.88. The fourth-order valence-electron chi connectivity index (χ4n) is 0.684. The zero-order valence-corrected chi connectivity index (χ0v) is 5.50. The largest absolute Gasteiger partial charge is 0.281 e. The molecule has 0 spiro atoms. The Morgan fingerprint density at radius 3 is 2.80 bits per heavy atom. The third-order valence-electron chi connectivity index (χ3n) is 1.14. The van der Waals surface area contributed by atoms with E-state index in [9.17, 15) is 10.1 Å². The number of aromatic nitrogens is 1. The van der Waals surface area contributed by atoms with Gasteiger partial charge in [0.1, 0.15) is 0 Å². The van der Waals surface area contributed by atoms with E-state index < -0.39 is 4.92 Å². The van der Waals surface area contributed by atoms with Gasteiger partial charge in [-0.25, -0.2) is 4.98 Å². The Hall–Kier alpha value is -1.45. The van der Waals surface area contributed by atoms with Crippen molar-refractivity contribution in [3.05, 3.63) is 34.1 Å². The minimum absolute atomic E-state index is 0.122. The van der Waals surface area contributed by atoms with E-state index in [2.05, 4.69) is 4.98 Å². The van der Waals surface area contributed by atoms with Crippen molar-refractivity contribution in [2.24, 2.45) is 0 Å². The quantitative estimate of drug-likeness (QED) is 0.425. The monoisotopic (exact) mass is 139 g/mol. The normalized spacial score (nSPS) is 9.30. The molecular weight excluding hydrogens is 132 g/mol. The maximum atomic E-state index is 10.1. The van der Waals surface area contributed by atoms with E-state index in [4.69, 9.17) is 0 Å². The van der Waals surface area contributed by atoms with Crippen LogP contribution in [0, 0.1) is 17.0 Å². The van der Waals surface area contributed by atoms with Crippen LogP contribution in [0.1, 0.15) is 5.69 Å². The molecule has 0 radical (unpaired) electrons. The first-order chi connectivity index (χ1) is 4.70. The summed E-state index contributed by atoms with van der Waals surface area (Å²) in [4.78, 5) is 12.6. The molecule has 1 N–H and O–H groups in total. The summed E-state index contributed by atoms with van der Waals surface area (Å²) in [5, 5.41) is 10.1. The Kier molecular flexibility index (Phi) is 1.62. The van der Waals surface area contributed by atoms with Gasteiger partial charge in [0.25, 0.3) is 5.69 Å². The van der Waals surface area contributed by atoms with Crippen molar-refractivity contribution in [3.8, 4) is 0 Å². The highest BCUT2D eigenvalue weighted by atomic mass is 16.6. The smallest absolute Gasteiger partial charge is 0.258 e. The zero-order chi connectivity index (χ0) is 7.56. The molecule has 0 saturated carbocycles. The molecule has 4 nitrogen and oxygen atoms in total. The Balaban J connectivity index is 3.07. The molecule has 0 unspecified atom stereocenters. The molecule has 10 heavy (non-hydrogen) atoms. The maximum Gasteiger partial charge on any atom is 0.281 e. The fourth-order valence-corrected chi connectivity index (χ4v) is 0.684. The number of pyridine rings is 1.